The monoisotopic (exact) mass is 306 g/mol. The molecule has 0 spiro atoms. The lowest BCUT2D eigenvalue weighted by Gasteiger charge is -2.43. The van der Waals surface area contributed by atoms with Crippen LogP contribution >= 0.6 is 0 Å². The molecule has 2 heterocycles. The normalized spacial score (nSPS) is 37.6. The van der Waals surface area contributed by atoms with E-state index < -0.39 is 55.6 Å². The predicted molar refractivity (Wildman–Crippen MR) is 65.7 cm³/mol. The number of hydrogen-bond donors (Lipinski definition) is 7. The van der Waals surface area contributed by atoms with Crippen molar-refractivity contribution in [3.05, 3.63) is 0 Å². The SMILES string of the molecule is CO[C@@H]1O[C@H](CO)[C@H](O)[C@H](O)[C@H]1NC1NC(=O)NC(=O)N1. The Morgan fingerprint density at radius 1 is 1.24 bits per heavy atom. The highest BCUT2D eigenvalue weighted by Crippen LogP contribution is 2.21. The third-order valence-corrected chi connectivity index (χ3v) is 3.25. The Hall–Kier alpha value is -1.50. The van der Waals surface area contributed by atoms with Gasteiger partial charge in [-0.2, -0.15) is 0 Å². The molecule has 4 amide bonds. The second-order valence-electron chi connectivity index (χ2n) is 4.64. The first-order chi connectivity index (χ1) is 9.96. The van der Waals surface area contributed by atoms with Gasteiger partial charge < -0.3 is 35.4 Å². The fourth-order valence-corrected chi connectivity index (χ4v) is 2.21. The molecule has 0 aliphatic carbocycles. The highest BCUT2D eigenvalue weighted by atomic mass is 16.7. The summed E-state index contributed by atoms with van der Waals surface area (Å²) in [5.74, 6) is 0. The van der Waals surface area contributed by atoms with Crippen LogP contribution in [0.3, 0.4) is 0 Å². The van der Waals surface area contributed by atoms with Crippen LogP contribution in [0, 0.1) is 0 Å². The number of methoxy groups -OCH3 is 1. The number of aliphatic hydroxyl groups is 3. The molecule has 11 nitrogen and oxygen atoms in total. The Morgan fingerprint density at radius 2 is 1.86 bits per heavy atom. The molecule has 120 valence electrons. The largest absolute Gasteiger partial charge is 0.394 e. The van der Waals surface area contributed by atoms with E-state index in [4.69, 9.17) is 14.6 Å². The zero-order valence-corrected chi connectivity index (χ0v) is 11.1. The number of rotatable bonds is 4. The van der Waals surface area contributed by atoms with E-state index in [1.165, 1.54) is 7.11 Å². The Labute approximate surface area is 119 Å². The minimum absolute atomic E-state index is 0.494. The zero-order valence-electron chi connectivity index (χ0n) is 11.1. The van der Waals surface area contributed by atoms with Gasteiger partial charge in [-0.05, 0) is 0 Å². The number of carbonyl (C=O) groups excluding carboxylic acids is 2. The second-order valence-corrected chi connectivity index (χ2v) is 4.64. The highest BCUT2D eigenvalue weighted by Gasteiger charge is 2.45. The van der Waals surface area contributed by atoms with Crippen molar-refractivity contribution in [3.8, 4) is 0 Å². The summed E-state index contributed by atoms with van der Waals surface area (Å²) in [5.41, 5.74) is 0. The molecule has 2 aliphatic rings. The molecule has 11 heteroatoms. The van der Waals surface area contributed by atoms with Crippen LogP contribution in [0.1, 0.15) is 0 Å². The fraction of sp³-hybridized carbons (Fsp3) is 0.800. The summed E-state index contributed by atoms with van der Waals surface area (Å²) in [4.78, 5) is 22.4. The van der Waals surface area contributed by atoms with Gasteiger partial charge in [-0.25, -0.2) is 9.59 Å². The van der Waals surface area contributed by atoms with Crippen LogP contribution in [0.15, 0.2) is 0 Å². The molecule has 7 N–H and O–H groups in total. The van der Waals surface area contributed by atoms with Crippen molar-refractivity contribution < 1.29 is 34.4 Å². The summed E-state index contributed by atoms with van der Waals surface area (Å²) in [5, 5.41) is 38.4. The minimum atomic E-state index is -1.35. The van der Waals surface area contributed by atoms with Crippen molar-refractivity contribution in [2.75, 3.05) is 13.7 Å². The maximum atomic E-state index is 11.2. The Morgan fingerprint density at radius 3 is 2.38 bits per heavy atom. The van der Waals surface area contributed by atoms with E-state index in [0.29, 0.717) is 0 Å². The number of imide groups is 1. The van der Waals surface area contributed by atoms with Gasteiger partial charge in [0.1, 0.15) is 18.3 Å². The molecule has 0 radical (unpaired) electrons. The number of aliphatic hydroxyl groups excluding tert-OH is 3. The number of ether oxygens (including phenoxy) is 2. The number of carbonyl (C=O) groups is 2. The topological polar surface area (TPSA) is 161 Å². The maximum Gasteiger partial charge on any atom is 0.325 e. The van der Waals surface area contributed by atoms with Gasteiger partial charge in [-0.3, -0.25) is 10.6 Å². The van der Waals surface area contributed by atoms with E-state index in [2.05, 4.69) is 16.0 Å². The maximum absolute atomic E-state index is 11.2. The molecule has 0 saturated carbocycles. The van der Waals surface area contributed by atoms with E-state index in [-0.39, 0.29) is 0 Å². The van der Waals surface area contributed by atoms with Gasteiger partial charge in [-0.15, -0.1) is 0 Å². The standard InChI is InChI=1S/C10H18N4O7/c1-20-7-4(6(17)5(16)3(2-15)21-7)11-8-12-9(18)14-10(19)13-8/h3-8,11,15-17H,2H2,1H3,(H3,12,13,14,18,19)/t3-,4-,5+,6-,7-/m1/s1. The number of urea groups is 2. The van der Waals surface area contributed by atoms with Gasteiger partial charge in [-0.1, -0.05) is 0 Å². The predicted octanol–water partition coefficient (Wildman–Crippen LogP) is -3.66. The van der Waals surface area contributed by atoms with Crippen molar-refractivity contribution >= 4 is 12.1 Å². The summed E-state index contributed by atoms with van der Waals surface area (Å²) in [6.45, 7) is -0.494. The third kappa shape index (κ3) is 3.40. The zero-order chi connectivity index (χ0) is 15.6. The highest BCUT2D eigenvalue weighted by molar-refractivity contribution is 5.95. The van der Waals surface area contributed by atoms with E-state index in [1.54, 1.807) is 0 Å². The molecule has 0 bridgehead atoms. The van der Waals surface area contributed by atoms with Gasteiger partial charge in [0.25, 0.3) is 0 Å². The number of amides is 4. The molecule has 2 aliphatic heterocycles. The summed E-state index contributed by atoms with van der Waals surface area (Å²) < 4.78 is 10.3. The number of nitrogens with one attached hydrogen (secondary N) is 4. The lowest BCUT2D eigenvalue weighted by atomic mass is 9.97. The molecule has 5 atom stereocenters. The molecule has 2 rings (SSSR count). The van der Waals surface area contributed by atoms with Gasteiger partial charge in [0.15, 0.2) is 12.6 Å². The first-order valence-electron chi connectivity index (χ1n) is 6.25. The average molecular weight is 306 g/mol. The first-order valence-corrected chi connectivity index (χ1v) is 6.25. The molecule has 0 aromatic rings. The smallest absolute Gasteiger partial charge is 0.325 e. The van der Waals surface area contributed by atoms with E-state index in [0.717, 1.165) is 0 Å². The lowest BCUT2D eigenvalue weighted by molar-refractivity contribution is -0.264. The van der Waals surface area contributed by atoms with Gasteiger partial charge in [0.2, 0.25) is 0 Å². The molecule has 2 saturated heterocycles. The van der Waals surface area contributed by atoms with Gasteiger partial charge in [0.05, 0.1) is 12.6 Å². The summed E-state index contributed by atoms with van der Waals surface area (Å²) in [7, 11) is 1.32. The average Bonchev–Trinajstić information content (AvgIpc) is 2.43. The van der Waals surface area contributed by atoms with Crippen molar-refractivity contribution in [2.45, 2.75) is 36.9 Å². The molecular weight excluding hydrogens is 288 g/mol. The van der Waals surface area contributed by atoms with Crippen molar-refractivity contribution in [1.82, 2.24) is 21.3 Å². The first kappa shape index (κ1) is 15.9. The number of hydrogen-bond acceptors (Lipinski definition) is 8. The molecule has 0 aromatic heterocycles. The van der Waals surface area contributed by atoms with Crippen LogP contribution in [-0.4, -0.2) is 78.0 Å². The molecular formula is C10H18N4O7. The van der Waals surface area contributed by atoms with E-state index in [9.17, 15) is 19.8 Å². The second kappa shape index (κ2) is 6.51. The molecule has 0 aromatic carbocycles. The van der Waals surface area contributed by atoms with Crippen molar-refractivity contribution in [1.29, 1.82) is 0 Å². The Bertz CT molecular complexity index is 391. The summed E-state index contributed by atoms with van der Waals surface area (Å²) in [6.07, 6.45) is -5.67. The third-order valence-electron chi connectivity index (χ3n) is 3.25. The Balaban J connectivity index is 2.06. The van der Waals surface area contributed by atoms with Crippen molar-refractivity contribution in [3.63, 3.8) is 0 Å². The molecule has 0 unspecified atom stereocenters. The molecule has 21 heavy (non-hydrogen) atoms. The van der Waals surface area contributed by atoms with Gasteiger partial charge in [0, 0.05) is 7.11 Å². The van der Waals surface area contributed by atoms with Crippen LogP contribution in [0.25, 0.3) is 0 Å². The minimum Gasteiger partial charge on any atom is -0.394 e. The van der Waals surface area contributed by atoms with E-state index >= 15 is 0 Å². The van der Waals surface area contributed by atoms with Crippen LogP contribution in [-0.2, 0) is 9.47 Å². The molecule has 2 fully saturated rings. The van der Waals surface area contributed by atoms with Gasteiger partial charge >= 0.3 is 12.1 Å². The summed E-state index contributed by atoms with van der Waals surface area (Å²) in [6, 6.07) is -2.38. The Kier molecular flexibility index (Phi) is 4.92. The van der Waals surface area contributed by atoms with Crippen LogP contribution in [0.5, 0.6) is 0 Å². The van der Waals surface area contributed by atoms with Crippen molar-refractivity contribution in [2.24, 2.45) is 0 Å². The summed E-state index contributed by atoms with van der Waals surface area (Å²) >= 11 is 0. The lowest BCUT2D eigenvalue weighted by Crippen LogP contribution is -2.73. The quantitative estimate of drug-likeness (QED) is 0.279. The van der Waals surface area contributed by atoms with Crippen LogP contribution in [0.2, 0.25) is 0 Å². The fourth-order valence-electron chi connectivity index (χ4n) is 2.21. The van der Waals surface area contributed by atoms with E-state index in [1.807, 2.05) is 5.32 Å². The van der Waals surface area contributed by atoms with Crippen LogP contribution in [0.4, 0.5) is 9.59 Å². The van der Waals surface area contributed by atoms with Crippen LogP contribution < -0.4 is 21.3 Å².